The van der Waals surface area contributed by atoms with E-state index in [1.165, 1.54) is 19.1 Å². The summed E-state index contributed by atoms with van der Waals surface area (Å²) in [5.74, 6) is -1.67. The van der Waals surface area contributed by atoms with Crippen LogP contribution in [0.15, 0.2) is 48.8 Å². The van der Waals surface area contributed by atoms with Gasteiger partial charge in [-0.2, -0.15) is 13.2 Å². The summed E-state index contributed by atoms with van der Waals surface area (Å²) in [5, 5.41) is 2.69. The number of hydrogen-bond donors (Lipinski definition) is 1. The van der Waals surface area contributed by atoms with Crippen LogP contribution in [0.5, 0.6) is 0 Å². The van der Waals surface area contributed by atoms with Gasteiger partial charge in [0.05, 0.1) is 28.4 Å². The molecule has 0 aliphatic heterocycles. The number of halogens is 3. The first-order valence-electron chi connectivity index (χ1n) is 8.52. The topological polar surface area (TPSA) is 64.7 Å². The number of imidazole rings is 2. The maximum Gasteiger partial charge on any atom is 0.449 e. The van der Waals surface area contributed by atoms with Crippen LogP contribution < -0.4 is 5.32 Å². The molecule has 9 heteroatoms. The Labute approximate surface area is 157 Å². The number of carbonyl (C=O) groups excluding carboxylic acids is 1. The molecular formula is C19H16F3N5O. The quantitative estimate of drug-likeness (QED) is 0.575. The van der Waals surface area contributed by atoms with Gasteiger partial charge in [0.2, 0.25) is 11.7 Å². The molecule has 0 saturated carbocycles. The van der Waals surface area contributed by atoms with Crippen molar-refractivity contribution >= 4 is 33.7 Å². The van der Waals surface area contributed by atoms with Gasteiger partial charge in [-0.3, -0.25) is 4.79 Å². The van der Waals surface area contributed by atoms with Gasteiger partial charge in [-0.05, 0) is 37.3 Å². The van der Waals surface area contributed by atoms with E-state index >= 15 is 0 Å². The third-order valence-corrected chi connectivity index (χ3v) is 4.61. The van der Waals surface area contributed by atoms with Gasteiger partial charge in [0.1, 0.15) is 6.04 Å². The van der Waals surface area contributed by atoms with Crippen molar-refractivity contribution in [3.05, 3.63) is 54.6 Å². The van der Waals surface area contributed by atoms with Gasteiger partial charge in [-0.25, -0.2) is 9.97 Å². The highest BCUT2D eigenvalue weighted by Gasteiger charge is 2.39. The Morgan fingerprint density at radius 2 is 1.86 bits per heavy atom. The summed E-state index contributed by atoms with van der Waals surface area (Å²) in [6.45, 7) is 1.42. The van der Waals surface area contributed by atoms with Crippen molar-refractivity contribution in [3.8, 4) is 0 Å². The van der Waals surface area contributed by atoms with Crippen LogP contribution >= 0.6 is 0 Å². The summed E-state index contributed by atoms with van der Waals surface area (Å²) in [4.78, 5) is 20.6. The fourth-order valence-electron chi connectivity index (χ4n) is 3.20. The smallest absolute Gasteiger partial charge is 0.334 e. The molecule has 2 aromatic heterocycles. The predicted octanol–water partition coefficient (Wildman–Crippen LogP) is 4.14. The molecule has 0 fully saturated rings. The largest absolute Gasteiger partial charge is 0.449 e. The molecule has 4 aromatic rings. The molecule has 1 amide bonds. The number of hydrogen-bond acceptors (Lipinski definition) is 3. The summed E-state index contributed by atoms with van der Waals surface area (Å²) in [6, 6.07) is 10.2. The van der Waals surface area contributed by atoms with Gasteiger partial charge in [0.15, 0.2) is 0 Å². The number of aryl methyl sites for hydroxylation is 1. The van der Waals surface area contributed by atoms with E-state index < -0.39 is 23.9 Å². The third-order valence-electron chi connectivity index (χ3n) is 4.61. The first-order chi connectivity index (χ1) is 13.3. The Morgan fingerprint density at radius 1 is 1.11 bits per heavy atom. The number of benzene rings is 2. The van der Waals surface area contributed by atoms with Gasteiger partial charge in [0, 0.05) is 12.7 Å². The van der Waals surface area contributed by atoms with E-state index in [2.05, 4.69) is 15.3 Å². The van der Waals surface area contributed by atoms with E-state index in [-0.39, 0.29) is 11.0 Å². The molecular weight excluding hydrogens is 371 g/mol. The van der Waals surface area contributed by atoms with Crippen LogP contribution in [0.4, 0.5) is 18.9 Å². The molecule has 0 spiro atoms. The average molecular weight is 387 g/mol. The Bertz CT molecular complexity index is 1190. The van der Waals surface area contributed by atoms with Crippen molar-refractivity contribution < 1.29 is 18.0 Å². The van der Waals surface area contributed by atoms with Crippen LogP contribution in [0.25, 0.3) is 22.1 Å². The van der Waals surface area contributed by atoms with E-state index in [1.807, 2.05) is 7.05 Å². The number of anilines is 1. The molecule has 6 nitrogen and oxygen atoms in total. The minimum atomic E-state index is -4.68. The van der Waals surface area contributed by atoms with Gasteiger partial charge in [-0.1, -0.05) is 12.1 Å². The number of nitrogens with zero attached hydrogens (tertiary/aromatic N) is 4. The highest BCUT2D eigenvalue weighted by molar-refractivity contribution is 5.96. The standard InChI is InChI=1S/C19H16F3N5O/c1-11(17(28)24-12-7-8-13-16(9-12)26(2)10-23-13)27-15-6-4-3-5-14(15)25-18(27)19(20,21)22/h3-11H,1-2H3,(H,24,28)/t11-/m1/s1. The molecule has 28 heavy (non-hydrogen) atoms. The Kier molecular flexibility index (Phi) is 4.10. The van der Waals surface area contributed by atoms with Gasteiger partial charge in [0.25, 0.3) is 0 Å². The van der Waals surface area contributed by atoms with E-state index in [0.717, 1.165) is 15.6 Å². The Balaban J connectivity index is 1.71. The minimum absolute atomic E-state index is 0.186. The average Bonchev–Trinajstić information content (AvgIpc) is 3.22. The van der Waals surface area contributed by atoms with E-state index in [4.69, 9.17) is 0 Å². The zero-order chi connectivity index (χ0) is 20.1. The molecule has 1 atom stereocenters. The maximum atomic E-state index is 13.5. The molecule has 0 bridgehead atoms. The van der Waals surface area contributed by atoms with Crippen LogP contribution in [-0.2, 0) is 18.0 Å². The van der Waals surface area contributed by atoms with E-state index in [0.29, 0.717) is 5.69 Å². The second kappa shape index (κ2) is 6.36. The molecule has 0 aliphatic carbocycles. The van der Waals surface area contributed by atoms with Crippen molar-refractivity contribution in [1.82, 2.24) is 19.1 Å². The van der Waals surface area contributed by atoms with Crippen LogP contribution in [0, 0.1) is 0 Å². The first kappa shape index (κ1) is 18.0. The van der Waals surface area contributed by atoms with Crippen LogP contribution in [0.3, 0.4) is 0 Å². The number of fused-ring (bicyclic) bond motifs is 2. The molecule has 2 heterocycles. The molecule has 4 rings (SSSR count). The van der Waals surface area contributed by atoms with Crippen LogP contribution in [0.2, 0.25) is 0 Å². The lowest BCUT2D eigenvalue weighted by Crippen LogP contribution is -2.27. The molecule has 0 radical (unpaired) electrons. The number of rotatable bonds is 3. The molecule has 0 saturated heterocycles. The second-order valence-electron chi connectivity index (χ2n) is 6.52. The predicted molar refractivity (Wildman–Crippen MR) is 98.8 cm³/mol. The van der Waals surface area contributed by atoms with Crippen molar-refractivity contribution in [2.75, 3.05) is 5.32 Å². The van der Waals surface area contributed by atoms with E-state index in [9.17, 15) is 18.0 Å². The summed E-state index contributed by atoms with van der Waals surface area (Å²) in [7, 11) is 1.82. The number of carbonyl (C=O) groups is 1. The van der Waals surface area contributed by atoms with Crippen molar-refractivity contribution in [1.29, 1.82) is 0 Å². The summed E-state index contributed by atoms with van der Waals surface area (Å²) < 4.78 is 43.2. The number of aromatic nitrogens is 4. The third kappa shape index (κ3) is 2.98. The molecule has 144 valence electrons. The van der Waals surface area contributed by atoms with Crippen molar-refractivity contribution in [2.24, 2.45) is 7.05 Å². The second-order valence-corrected chi connectivity index (χ2v) is 6.52. The highest BCUT2D eigenvalue weighted by atomic mass is 19.4. The summed E-state index contributed by atoms with van der Waals surface area (Å²) in [5.41, 5.74) is 2.47. The molecule has 1 N–H and O–H groups in total. The normalized spacial score (nSPS) is 13.2. The fourth-order valence-corrected chi connectivity index (χ4v) is 3.20. The van der Waals surface area contributed by atoms with Gasteiger partial charge in [-0.15, -0.1) is 0 Å². The minimum Gasteiger partial charge on any atom is -0.334 e. The number of nitrogens with one attached hydrogen (secondary N) is 1. The lowest BCUT2D eigenvalue weighted by atomic mass is 10.2. The zero-order valence-electron chi connectivity index (χ0n) is 15.0. The molecule has 2 aromatic carbocycles. The van der Waals surface area contributed by atoms with Crippen LogP contribution in [0.1, 0.15) is 18.8 Å². The molecule has 0 unspecified atom stereocenters. The van der Waals surface area contributed by atoms with Crippen LogP contribution in [-0.4, -0.2) is 25.0 Å². The fraction of sp³-hybridized carbons (Fsp3) is 0.211. The number of para-hydroxylation sites is 2. The van der Waals surface area contributed by atoms with E-state index in [1.54, 1.807) is 41.2 Å². The zero-order valence-corrected chi connectivity index (χ0v) is 15.0. The molecule has 0 aliphatic rings. The first-order valence-corrected chi connectivity index (χ1v) is 8.52. The maximum absolute atomic E-state index is 13.5. The van der Waals surface area contributed by atoms with Gasteiger partial charge < -0.3 is 14.5 Å². The SMILES string of the molecule is C[C@H](C(=O)Nc1ccc2ncn(C)c2c1)n1c(C(F)(F)F)nc2ccccc21. The lowest BCUT2D eigenvalue weighted by Gasteiger charge is -2.18. The highest BCUT2D eigenvalue weighted by Crippen LogP contribution is 2.34. The monoisotopic (exact) mass is 387 g/mol. The lowest BCUT2D eigenvalue weighted by molar-refractivity contribution is -0.148. The number of alkyl halides is 3. The summed E-state index contributed by atoms with van der Waals surface area (Å²) in [6.07, 6.45) is -3.03. The van der Waals surface area contributed by atoms with Crippen molar-refractivity contribution in [3.63, 3.8) is 0 Å². The summed E-state index contributed by atoms with van der Waals surface area (Å²) >= 11 is 0. The number of amides is 1. The Morgan fingerprint density at radius 3 is 2.61 bits per heavy atom. The van der Waals surface area contributed by atoms with Crippen molar-refractivity contribution in [2.45, 2.75) is 19.1 Å². The van der Waals surface area contributed by atoms with Gasteiger partial charge >= 0.3 is 6.18 Å². The Hall–Kier alpha value is -3.36.